The summed E-state index contributed by atoms with van der Waals surface area (Å²) in [5.74, 6) is 0.155. The van der Waals surface area contributed by atoms with E-state index in [1.165, 1.54) is 6.92 Å². The number of aromatic nitrogens is 3. The highest BCUT2D eigenvalue weighted by Gasteiger charge is 2.38. The minimum atomic E-state index is -1.03. The van der Waals surface area contributed by atoms with E-state index in [-0.39, 0.29) is 18.0 Å². The maximum Gasteiger partial charge on any atom is 0.324 e. The van der Waals surface area contributed by atoms with Gasteiger partial charge in [0, 0.05) is 49.7 Å². The quantitative estimate of drug-likeness (QED) is 0.610. The van der Waals surface area contributed by atoms with E-state index >= 15 is 0 Å². The highest BCUT2D eigenvalue weighted by atomic mass is 16.3. The number of carbonyl (C=O) groups excluding carboxylic acids is 2. The fraction of sp³-hybridized carbons (Fsp3) is 0.375. The maximum absolute atomic E-state index is 13.4. The van der Waals surface area contributed by atoms with Crippen molar-refractivity contribution in [3.8, 4) is 11.3 Å². The van der Waals surface area contributed by atoms with Crippen molar-refractivity contribution in [3.63, 3.8) is 0 Å². The summed E-state index contributed by atoms with van der Waals surface area (Å²) in [5, 5.41) is 9.66. The van der Waals surface area contributed by atoms with Crippen molar-refractivity contribution >= 4 is 34.5 Å². The summed E-state index contributed by atoms with van der Waals surface area (Å²) in [7, 11) is 1.78. The molecule has 0 saturated carbocycles. The lowest BCUT2D eigenvalue weighted by Gasteiger charge is -2.43. The van der Waals surface area contributed by atoms with Gasteiger partial charge in [-0.15, -0.1) is 0 Å². The molecule has 1 fully saturated rings. The number of likely N-dealkylation sites (tertiary alicyclic amines) is 1. The zero-order valence-electron chi connectivity index (χ0n) is 19.2. The number of hydrogen-bond acceptors (Lipinski definition) is 7. The molecule has 10 nitrogen and oxygen atoms in total. The zero-order chi connectivity index (χ0) is 24.0. The van der Waals surface area contributed by atoms with Crippen molar-refractivity contribution in [2.24, 2.45) is 0 Å². The molecule has 5 rings (SSSR count). The largest absolute Gasteiger partial charge is 0.384 e. The van der Waals surface area contributed by atoms with Gasteiger partial charge >= 0.3 is 6.03 Å². The average molecular weight is 462 g/mol. The molecule has 0 radical (unpaired) electrons. The molecule has 1 saturated heterocycles. The number of nitrogens with zero attached hydrogens (tertiary/aromatic N) is 6. The smallest absolute Gasteiger partial charge is 0.324 e. The number of fused-ring (bicyclic) bond motifs is 3. The number of rotatable bonds is 3. The first-order valence-corrected chi connectivity index (χ1v) is 11.3. The lowest BCUT2D eigenvalue weighted by atomic mass is 9.99. The van der Waals surface area contributed by atoms with Crippen LogP contribution in [0.5, 0.6) is 0 Å². The minimum Gasteiger partial charge on any atom is -0.384 e. The van der Waals surface area contributed by atoms with E-state index in [2.05, 4.69) is 9.97 Å². The highest BCUT2D eigenvalue weighted by molar-refractivity contribution is 6.04. The maximum atomic E-state index is 13.4. The van der Waals surface area contributed by atoms with Crippen LogP contribution < -0.4 is 10.6 Å². The van der Waals surface area contributed by atoms with Gasteiger partial charge in [0.25, 0.3) is 5.91 Å². The molecule has 3 aromatic heterocycles. The molecule has 3 N–H and O–H groups in total. The Morgan fingerprint density at radius 3 is 2.59 bits per heavy atom. The van der Waals surface area contributed by atoms with Gasteiger partial charge in [0.1, 0.15) is 17.4 Å². The van der Waals surface area contributed by atoms with Gasteiger partial charge in [0.2, 0.25) is 0 Å². The molecule has 2 aliphatic heterocycles. The first-order valence-electron chi connectivity index (χ1n) is 11.3. The van der Waals surface area contributed by atoms with Crippen molar-refractivity contribution < 1.29 is 14.7 Å². The van der Waals surface area contributed by atoms with Crippen LogP contribution in [0.25, 0.3) is 22.3 Å². The molecular formula is C24H27N7O3. The Kier molecular flexibility index (Phi) is 5.52. The number of pyridine rings is 3. The monoisotopic (exact) mass is 461 g/mol. The molecule has 3 amide bonds. The number of amides is 3. The Balaban J connectivity index is 1.56. The van der Waals surface area contributed by atoms with Crippen LogP contribution in [0.1, 0.15) is 25.3 Å². The second-order valence-corrected chi connectivity index (χ2v) is 8.91. The standard InChI is InChI=1S/C24H27N7O3/c1-14(32)23(33)30-9-7-17(8-10-30)31-22-16(13-29(2)24(31)34)12-26-19-5-4-18(28-21(19)22)15-3-6-20(25)27-11-15/h3-6,11-12,14,17,32H,7-10,13H2,1-2H3,(H2,25,27)/t14-/m0/s1. The van der Waals surface area contributed by atoms with E-state index in [1.807, 2.05) is 29.3 Å². The average Bonchev–Trinajstić information content (AvgIpc) is 2.84. The van der Waals surface area contributed by atoms with E-state index in [0.717, 1.165) is 22.5 Å². The molecule has 10 heteroatoms. The van der Waals surface area contributed by atoms with Gasteiger partial charge in [0.15, 0.2) is 0 Å². The molecule has 0 aliphatic carbocycles. The van der Waals surface area contributed by atoms with E-state index in [1.54, 1.807) is 29.1 Å². The van der Waals surface area contributed by atoms with Crippen molar-refractivity contribution in [2.45, 2.75) is 38.5 Å². The van der Waals surface area contributed by atoms with E-state index in [4.69, 9.17) is 10.7 Å². The normalized spacial score (nSPS) is 17.7. The molecule has 0 unspecified atom stereocenters. The summed E-state index contributed by atoms with van der Waals surface area (Å²) in [4.78, 5) is 44.5. The van der Waals surface area contributed by atoms with Crippen LogP contribution in [-0.4, -0.2) is 74.1 Å². The van der Waals surface area contributed by atoms with Crippen molar-refractivity contribution in [1.29, 1.82) is 0 Å². The molecule has 0 aromatic carbocycles. The lowest BCUT2D eigenvalue weighted by Crippen LogP contribution is -2.55. The van der Waals surface area contributed by atoms with Crippen LogP contribution in [0.2, 0.25) is 0 Å². The Labute approximate surface area is 197 Å². The molecular weight excluding hydrogens is 434 g/mol. The van der Waals surface area contributed by atoms with Crippen LogP contribution in [0, 0.1) is 0 Å². The molecule has 1 atom stereocenters. The Morgan fingerprint density at radius 1 is 1.15 bits per heavy atom. The molecule has 2 aliphatic rings. The fourth-order valence-electron chi connectivity index (χ4n) is 4.74. The molecule has 0 spiro atoms. The lowest BCUT2D eigenvalue weighted by molar-refractivity contribution is -0.140. The van der Waals surface area contributed by atoms with Gasteiger partial charge in [-0.2, -0.15) is 0 Å². The molecule has 34 heavy (non-hydrogen) atoms. The Morgan fingerprint density at radius 2 is 1.91 bits per heavy atom. The minimum absolute atomic E-state index is 0.0957. The van der Waals surface area contributed by atoms with Gasteiger partial charge in [-0.3, -0.25) is 14.7 Å². The first-order chi connectivity index (χ1) is 16.3. The summed E-state index contributed by atoms with van der Waals surface area (Å²) in [6, 6.07) is 7.19. The van der Waals surface area contributed by atoms with Crippen LogP contribution in [0.15, 0.2) is 36.7 Å². The number of piperidine rings is 1. The number of carbonyl (C=O) groups is 2. The highest BCUT2D eigenvalue weighted by Crippen LogP contribution is 2.37. The predicted octanol–water partition coefficient (Wildman–Crippen LogP) is 2.02. The number of nitrogen functional groups attached to an aromatic ring is 1. The summed E-state index contributed by atoms with van der Waals surface area (Å²) >= 11 is 0. The number of aliphatic hydroxyl groups excluding tert-OH is 1. The van der Waals surface area contributed by atoms with Crippen LogP contribution in [0.4, 0.5) is 16.3 Å². The zero-order valence-corrected chi connectivity index (χ0v) is 19.2. The summed E-state index contributed by atoms with van der Waals surface area (Å²) in [5.41, 5.74) is 10.3. The van der Waals surface area contributed by atoms with E-state index < -0.39 is 6.10 Å². The third-order valence-electron chi connectivity index (χ3n) is 6.52. The number of aliphatic hydroxyl groups is 1. The van der Waals surface area contributed by atoms with E-state index in [0.29, 0.717) is 49.3 Å². The van der Waals surface area contributed by atoms with Crippen molar-refractivity contribution in [2.75, 3.05) is 30.8 Å². The van der Waals surface area contributed by atoms with Gasteiger partial charge in [-0.05, 0) is 44.0 Å². The molecule has 0 bridgehead atoms. The van der Waals surface area contributed by atoms with Gasteiger partial charge in [0.05, 0.1) is 23.4 Å². The Bertz CT molecular complexity index is 1250. The fourth-order valence-corrected chi connectivity index (χ4v) is 4.74. The second-order valence-electron chi connectivity index (χ2n) is 8.91. The predicted molar refractivity (Wildman–Crippen MR) is 128 cm³/mol. The Hall–Kier alpha value is -3.79. The number of urea groups is 1. The number of anilines is 2. The number of nitrogens with two attached hydrogens (primary N) is 1. The summed E-state index contributed by atoms with van der Waals surface area (Å²) < 4.78 is 0. The van der Waals surface area contributed by atoms with Crippen molar-refractivity contribution in [3.05, 3.63) is 42.2 Å². The van der Waals surface area contributed by atoms with Crippen molar-refractivity contribution in [1.82, 2.24) is 24.8 Å². The molecule has 3 aromatic rings. The van der Waals surface area contributed by atoms with Crippen LogP contribution >= 0.6 is 0 Å². The van der Waals surface area contributed by atoms with E-state index in [9.17, 15) is 14.7 Å². The SMILES string of the molecule is C[C@H](O)C(=O)N1CCC(N2C(=O)N(C)Cc3cnc4ccc(-c5ccc(N)nc5)nc4c32)CC1. The molecule has 176 valence electrons. The summed E-state index contributed by atoms with van der Waals surface area (Å²) in [6.45, 7) is 2.89. The van der Waals surface area contributed by atoms with Crippen LogP contribution in [0.3, 0.4) is 0 Å². The third kappa shape index (κ3) is 3.79. The second kappa shape index (κ2) is 8.53. The molecule has 5 heterocycles. The van der Waals surface area contributed by atoms with Gasteiger partial charge in [-0.1, -0.05) is 0 Å². The topological polar surface area (TPSA) is 129 Å². The third-order valence-corrected chi connectivity index (χ3v) is 6.52. The van der Waals surface area contributed by atoms with Gasteiger partial charge < -0.3 is 20.6 Å². The van der Waals surface area contributed by atoms with Crippen LogP contribution in [-0.2, 0) is 11.3 Å². The number of hydrogen-bond donors (Lipinski definition) is 2. The summed E-state index contributed by atoms with van der Waals surface area (Å²) in [6.07, 6.45) is 3.69. The first kappa shape index (κ1) is 22.0. The van der Waals surface area contributed by atoms with Gasteiger partial charge in [-0.25, -0.2) is 14.8 Å².